The summed E-state index contributed by atoms with van der Waals surface area (Å²) in [4.78, 5) is 21.8. The maximum atomic E-state index is 11.2. The molecule has 1 saturated carbocycles. The maximum absolute atomic E-state index is 11.2. The molecule has 6 heteroatoms. The predicted molar refractivity (Wildman–Crippen MR) is 82.8 cm³/mol. The Morgan fingerprint density at radius 1 is 1.23 bits per heavy atom. The Bertz CT molecular complexity index is 731. The van der Waals surface area contributed by atoms with E-state index in [2.05, 4.69) is 17.4 Å². The first-order valence-corrected chi connectivity index (χ1v) is 6.96. The molecule has 1 aliphatic rings. The van der Waals surface area contributed by atoms with Crippen LogP contribution in [0.3, 0.4) is 0 Å². The van der Waals surface area contributed by atoms with E-state index in [1.807, 2.05) is 18.2 Å². The molecule has 0 bridgehead atoms. The SMILES string of the molecule is NC(=O)c1ccc(N[C@H]2C[C@H]2c2ccccc2)c([N+](=O)[O-])c1. The fraction of sp³-hybridized carbons (Fsp3) is 0.188. The molecule has 0 unspecified atom stereocenters. The van der Waals surface area contributed by atoms with Crippen molar-refractivity contribution >= 4 is 17.3 Å². The van der Waals surface area contributed by atoms with Crippen LogP contribution in [0, 0.1) is 10.1 Å². The molecule has 22 heavy (non-hydrogen) atoms. The molecule has 0 radical (unpaired) electrons. The minimum Gasteiger partial charge on any atom is -0.376 e. The molecule has 0 aromatic heterocycles. The van der Waals surface area contributed by atoms with Crippen molar-refractivity contribution < 1.29 is 9.72 Å². The van der Waals surface area contributed by atoms with Crippen LogP contribution in [0.1, 0.15) is 28.3 Å². The van der Waals surface area contributed by atoms with Crippen molar-refractivity contribution in [1.82, 2.24) is 0 Å². The van der Waals surface area contributed by atoms with Gasteiger partial charge in [-0.3, -0.25) is 14.9 Å². The molecule has 1 fully saturated rings. The van der Waals surface area contributed by atoms with E-state index in [1.165, 1.54) is 17.7 Å². The second kappa shape index (κ2) is 5.48. The van der Waals surface area contributed by atoms with Crippen molar-refractivity contribution in [2.75, 3.05) is 5.32 Å². The van der Waals surface area contributed by atoms with Crippen LogP contribution >= 0.6 is 0 Å². The van der Waals surface area contributed by atoms with Gasteiger partial charge in [0.25, 0.3) is 5.69 Å². The number of nitrogens with two attached hydrogens (primary N) is 1. The lowest BCUT2D eigenvalue weighted by Crippen LogP contribution is -2.12. The minimum atomic E-state index is -0.678. The fourth-order valence-corrected chi connectivity index (χ4v) is 2.58. The third kappa shape index (κ3) is 2.76. The standard InChI is InChI=1S/C16H15N3O3/c17-16(20)11-6-7-13(15(8-11)19(21)22)18-14-9-12(14)10-4-2-1-3-5-10/h1-8,12,14,18H,9H2,(H2,17,20)/t12-,14-/m0/s1. The molecule has 1 amide bonds. The molecule has 112 valence electrons. The number of amides is 1. The molecule has 0 aliphatic heterocycles. The van der Waals surface area contributed by atoms with Crippen molar-refractivity contribution in [3.63, 3.8) is 0 Å². The third-order valence-corrected chi connectivity index (χ3v) is 3.84. The van der Waals surface area contributed by atoms with E-state index >= 15 is 0 Å². The number of hydrogen-bond acceptors (Lipinski definition) is 4. The highest BCUT2D eigenvalue weighted by atomic mass is 16.6. The van der Waals surface area contributed by atoms with Gasteiger partial charge in [0.15, 0.2) is 0 Å². The van der Waals surface area contributed by atoms with Gasteiger partial charge in [0.2, 0.25) is 5.91 Å². The maximum Gasteiger partial charge on any atom is 0.293 e. The van der Waals surface area contributed by atoms with Crippen molar-refractivity contribution in [2.24, 2.45) is 5.73 Å². The molecule has 2 atom stereocenters. The Labute approximate surface area is 127 Å². The number of nitrogens with zero attached hydrogens (tertiary/aromatic N) is 1. The predicted octanol–water partition coefficient (Wildman–Crippen LogP) is 2.66. The van der Waals surface area contributed by atoms with E-state index < -0.39 is 10.8 Å². The Morgan fingerprint density at radius 3 is 2.59 bits per heavy atom. The zero-order valence-electron chi connectivity index (χ0n) is 11.7. The van der Waals surface area contributed by atoms with E-state index in [-0.39, 0.29) is 17.3 Å². The summed E-state index contributed by atoms with van der Waals surface area (Å²) in [5.41, 5.74) is 6.80. The number of anilines is 1. The summed E-state index contributed by atoms with van der Waals surface area (Å²) >= 11 is 0. The first kappa shape index (κ1) is 14.1. The van der Waals surface area contributed by atoms with Crippen molar-refractivity contribution in [3.05, 3.63) is 69.8 Å². The van der Waals surface area contributed by atoms with Gasteiger partial charge in [0, 0.05) is 23.6 Å². The summed E-state index contributed by atoms with van der Waals surface area (Å²) in [6.45, 7) is 0. The zero-order valence-corrected chi connectivity index (χ0v) is 11.7. The number of primary amides is 1. The highest BCUT2D eigenvalue weighted by molar-refractivity contribution is 5.94. The Morgan fingerprint density at radius 2 is 1.95 bits per heavy atom. The lowest BCUT2D eigenvalue weighted by atomic mass is 10.1. The molecule has 0 heterocycles. The van der Waals surface area contributed by atoms with E-state index in [0.29, 0.717) is 11.6 Å². The van der Waals surface area contributed by atoms with E-state index in [4.69, 9.17) is 5.73 Å². The van der Waals surface area contributed by atoms with Crippen molar-refractivity contribution in [3.8, 4) is 0 Å². The number of rotatable bonds is 5. The average Bonchev–Trinajstić information content (AvgIpc) is 3.27. The van der Waals surface area contributed by atoms with Crippen LogP contribution in [0.5, 0.6) is 0 Å². The summed E-state index contributed by atoms with van der Waals surface area (Å²) in [6, 6.07) is 14.4. The highest BCUT2D eigenvalue weighted by Gasteiger charge is 2.39. The summed E-state index contributed by atoms with van der Waals surface area (Å²) in [5.74, 6) is -0.320. The van der Waals surface area contributed by atoms with Gasteiger partial charge in [0.05, 0.1) is 4.92 Å². The molecule has 1 aliphatic carbocycles. The lowest BCUT2D eigenvalue weighted by Gasteiger charge is -2.08. The number of carbonyl (C=O) groups excluding carboxylic acids is 1. The number of nitro benzene ring substituents is 1. The Balaban J connectivity index is 1.79. The molecule has 3 N–H and O–H groups in total. The number of hydrogen-bond donors (Lipinski definition) is 2. The summed E-state index contributed by atoms with van der Waals surface area (Å²) in [6.07, 6.45) is 0.929. The van der Waals surface area contributed by atoms with Crippen LogP contribution in [-0.4, -0.2) is 16.9 Å². The number of carbonyl (C=O) groups is 1. The van der Waals surface area contributed by atoms with Gasteiger partial charge in [-0.2, -0.15) is 0 Å². The molecular weight excluding hydrogens is 282 g/mol. The largest absolute Gasteiger partial charge is 0.376 e. The number of nitrogens with one attached hydrogen (secondary N) is 1. The van der Waals surface area contributed by atoms with Crippen LogP contribution in [0.25, 0.3) is 0 Å². The van der Waals surface area contributed by atoms with Crippen LogP contribution in [0.2, 0.25) is 0 Å². The van der Waals surface area contributed by atoms with Gasteiger partial charge in [0.1, 0.15) is 5.69 Å². The molecule has 2 aromatic carbocycles. The van der Waals surface area contributed by atoms with Gasteiger partial charge in [-0.25, -0.2) is 0 Å². The molecule has 6 nitrogen and oxygen atoms in total. The average molecular weight is 297 g/mol. The van der Waals surface area contributed by atoms with Crippen molar-refractivity contribution in [2.45, 2.75) is 18.4 Å². The Hall–Kier alpha value is -2.89. The minimum absolute atomic E-state index is 0.130. The second-order valence-electron chi connectivity index (χ2n) is 5.36. The topological polar surface area (TPSA) is 98.3 Å². The second-order valence-corrected chi connectivity index (χ2v) is 5.36. The monoisotopic (exact) mass is 297 g/mol. The molecule has 0 spiro atoms. The van der Waals surface area contributed by atoms with Crippen molar-refractivity contribution in [1.29, 1.82) is 0 Å². The lowest BCUT2D eigenvalue weighted by molar-refractivity contribution is -0.384. The van der Waals surface area contributed by atoms with Crippen LogP contribution in [0.4, 0.5) is 11.4 Å². The first-order chi connectivity index (χ1) is 10.6. The molecule has 2 aromatic rings. The third-order valence-electron chi connectivity index (χ3n) is 3.84. The smallest absolute Gasteiger partial charge is 0.293 e. The van der Waals surface area contributed by atoms with E-state index in [1.54, 1.807) is 6.07 Å². The van der Waals surface area contributed by atoms with Gasteiger partial charge >= 0.3 is 0 Å². The van der Waals surface area contributed by atoms with Crippen LogP contribution in [0.15, 0.2) is 48.5 Å². The summed E-state index contributed by atoms with van der Waals surface area (Å²) < 4.78 is 0. The van der Waals surface area contributed by atoms with Gasteiger partial charge in [-0.15, -0.1) is 0 Å². The van der Waals surface area contributed by atoms with Crippen LogP contribution < -0.4 is 11.1 Å². The summed E-state index contributed by atoms with van der Waals surface area (Å²) in [7, 11) is 0. The first-order valence-electron chi connectivity index (χ1n) is 6.96. The molecule has 3 rings (SSSR count). The molecule has 0 saturated heterocycles. The van der Waals surface area contributed by atoms with E-state index in [0.717, 1.165) is 6.42 Å². The molecular formula is C16H15N3O3. The number of nitro groups is 1. The highest BCUT2D eigenvalue weighted by Crippen LogP contribution is 2.43. The zero-order chi connectivity index (χ0) is 15.7. The number of benzene rings is 2. The van der Waals surface area contributed by atoms with Crippen LogP contribution in [-0.2, 0) is 0 Å². The quantitative estimate of drug-likeness (QED) is 0.654. The van der Waals surface area contributed by atoms with Gasteiger partial charge < -0.3 is 11.1 Å². The van der Waals surface area contributed by atoms with Gasteiger partial charge in [-0.05, 0) is 24.1 Å². The summed E-state index contributed by atoms with van der Waals surface area (Å²) in [5, 5.41) is 14.4. The van der Waals surface area contributed by atoms with E-state index in [9.17, 15) is 14.9 Å². The fourth-order valence-electron chi connectivity index (χ4n) is 2.58. The van der Waals surface area contributed by atoms with Gasteiger partial charge in [-0.1, -0.05) is 30.3 Å². The Kier molecular flexibility index (Phi) is 3.50. The normalized spacial score (nSPS) is 19.5.